The van der Waals surface area contributed by atoms with Gasteiger partial charge in [-0.05, 0) is 12.1 Å². The minimum Gasteiger partial charge on any atom is -0.371 e. The van der Waals surface area contributed by atoms with E-state index >= 15 is 0 Å². The van der Waals surface area contributed by atoms with Gasteiger partial charge in [0.25, 0.3) is 0 Å². The van der Waals surface area contributed by atoms with Crippen molar-refractivity contribution < 1.29 is 9.13 Å². The Morgan fingerprint density at radius 3 is 3.06 bits per heavy atom. The zero-order valence-electron chi connectivity index (χ0n) is 9.53. The molecular weight excluding hydrogens is 243 g/mol. The van der Waals surface area contributed by atoms with Crippen molar-refractivity contribution in [2.24, 2.45) is 5.73 Å². The molecule has 1 atom stereocenters. The van der Waals surface area contributed by atoms with Gasteiger partial charge in [-0.25, -0.2) is 4.39 Å². The zero-order chi connectivity index (χ0) is 12.3. The molecule has 2 rings (SSSR count). The number of morpholine rings is 1. The summed E-state index contributed by atoms with van der Waals surface area (Å²) in [5, 5.41) is 0.421. The van der Waals surface area contributed by atoms with Crippen LogP contribution in [-0.2, 0) is 4.74 Å². The topological polar surface area (TPSA) is 38.5 Å². The van der Waals surface area contributed by atoms with Crippen molar-refractivity contribution in [1.82, 2.24) is 4.90 Å². The summed E-state index contributed by atoms with van der Waals surface area (Å²) in [5.41, 5.74) is 5.98. The Labute approximate surface area is 105 Å². The molecule has 2 N–H and O–H groups in total. The molecule has 1 fully saturated rings. The van der Waals surface area contributed by atoms with Crippen LogP contribution in [0.5, 0.6) is 0 Å². The largest absolute Gasteiger partial charge is 0.371 e. The number of hydrogen-bond acceptors (Lipinski definition) is 3. The molecule has 3 nitrogen and oxygen atoms in total. The van der Waals surface area contributed by atoms with E-state index in [1.165, 1.54) is 6.07 Å². The molecule has 17 heavy (non-hydrogen) atoms. The average Bonchev–Trinajstić information content (AvgIpc) is 2.30. The third-order valence-electron chi connectivity index (χ3n) is 2.92. The van der Waals surface area contributed by atoms with Crippen molar-refractivity contribution in [3.05, 3.63) is 34.6 Å². The molecule has 0 radical (unpaired) electrons. The average molecular weight is 259 g/mol. The molecular formula is C12H16ClFN2O. The molecule has 1 aliphatic heterocycles. The molecule has 0 aliphatic carbocycles. The predicted octanol–water partition coefficient (Wildman–Crippen LogP) is 1.81. The van der Waals surface area contributed by atoms with Gasteiger partial charge >= 0.3 is 0 Å². The fraction of sp³-hybridized carbons (Fsp3) is 0.500. The van der Waals surface area contributed by atoms with E-state index in [0.29, 0.717) is 30.3 Å². The number of hydrogen-bond donors (Lipinski definition) is 1. The predicted molar refractivity (Wildman–Crippen MR) is 65.6 cm³/mol. The summed E-state index contributed by atoms with van der Waals surface area (Å²) in [7, 11) is 0. The van der Waals surface area contributed by atoms with E-state index in [-0.39, 0.29) is 11.9 Å². The van der Waals surface area contributed by atoms with E-state index in [2.05, 4.69) is 4.90 Å². The van der Waals surface area contributed by atoms with Crippen LogP contribution in [-0.4, -0.2) is 37.7 Å². The van der Waals surface area contributed by atoms with Crippen LogP contribution in [0.25, 0.3) is 0 Å². The third-order valence-corrected chi connectivity index (χ3v) is 3.25. The van der Waals surface area contributed by atoms with E-state index in [1.807, 2.05) is 0 Å². The van der Waals surface area contributed by atoms with Gasteiger partial charge in [0, 0.05) is 36.8 Å². The van der Waals surface area contributed by atoms with Gasteiger partial charge in [0.05, 0.1) is 12.7 Å². The Balaban J connectivity index is 2.16. The molecule has 1 saturated heterocycles. The molecule has 94 valence electrons. The maximum absolute atomic E-state index is 13.7. The van der Waals surface area contributed by atoms with Gasteiger partial charge in [-0.1, -0.05) is 17.7 Å². The number of ether oxygens (including phenoxy) is 1. The zero-order valence-corrected chi connectivity index (χ0v) is 10.3. The van der Waals surface area contributed by atoms with E-state index in [1.54, 1.807) is 12.1 Å². The summed E-state index contributed by atoms with van der Waals surface area (Å²) in [6.07, 6.45) is -0.302. The molecule has 0 spiro atoms. The first-order valence-electron chi connectivity index (χ1n) is 5.70. The maximum atomic E-state index is 13.7. The lowest BCUT2D eigenvalue weighted by molar-refractivity contribution is -0.0304. The quantitative estimate of drug-likeness (QED) is 0.899. The van der Waals surface area contributed by atoms with Gasteiger partial charge in [0.15, 0.2) is 0 Å². The van der Waals surface area contributed by atoms with Crippen molar-refractivity contribution in [3.63, 3.8) is 0 Å². The van der Waals surface area contributed by atoms with Crippen LogP contribution in [0.15, 0.2) is 18.2 Å². The standard InChI is InChI=1S/C12H16ClFN2O/c13-9-2-1-3-10(14)12(9)11-8-16(5-4-15)6-7-17-11/h1-3,11H,4-8,15H2. The highest BCUT2D eigenvalue weighted by Crippen LogP contribution is 2.30. The van der Waals surface area contributed by atoms with Crippen LogP contribution in [0, 0.1) is 5.82 Å². The first-order valence-corrected chi connectivity index (χ1v) is 6.08. The van der Waals surface area contributed by atoms with Crippen molar-refractivity contribution in [2.45, 2.75) is 6.10 Å². The molecule has 1 aromatic carbocycles. The minimum atomic E-state index is -0.308. The van der Waals surface area contributed by atoms with E-state index in [9.17, 15) is 4.39 Å². The van der Waals surface area contributed by atoms with Crippen LogP contribution < -0.4 is 5.73 Å². The highest BCUT2D eigenvalue weighted by Gasteiger charge is 2.25. The van der Waals surface area contributed by atoms with Crippen LogP contribution in [0.2, 0.25) is 5.02 Å². The van der Waals surface area contributed by atoms with E-state index in [4.69, 9.17) is 22.1 Å². The molecule has 1 aromatic rings. The summed E-state index contributed by atoms with van der Waals surface area (Å²) in [5.74, 6) is -0.308. The Morgan fingerprint density at radius 1 is 1.53 bits per heavy atom. The molecule has 0 aromatic heterocycles. The summed E-state index contributed by atoms with van der Waals surface area (Å²) in [4.78, 5) is 2.16. The van der Waals surface area contributed by atoms with Gasteiger partial charge in [-0.2, -0.15) is 0 Å². The fourth-order valence-corrected chi connectivity index (χ4v) is 2.37. The van der Waals surface area contributed by atoms with Gasteiger partial charge in [0.2, 0.25) is 0 Å². The molecule has 0 amide bonds. The van der Waals surface area contributed by atoms with Crippen LogP contribution in [0.1, 0.15) is 11.7 Å². The van der Waals surface area contributed by atoms with Gasteiger partial charge in [-0.15, -0.1) is 0 Å². The number of benzene rings is 1. The first-order chi connectivity index (χ1) is 8.22. The van der Waals surface area contributed by atoms with Crippen LogP contribution >= 0.6 is 11.6 Å². The molecule has 5 heteroatoms. The Morgan fingerprint density at radius 2 is 2.35 bits per heavy atom. The van der Waals surface area contributed by atoms with Crippen LogP contribution in [0.4, 0.5) is 4.39 Å². The summed E-state index contributed by atoms with van der Waals surface area (Å²) < 4.78 is 19.3. The number of rotatable bonds is 3. The second-order valence-corrected chi connectivity index (χ2v) is 4.49. The second-order valence-electron chi connectivity index (χ2n) is 4.08. The highest BCUT2D eigenvalue weighted by atomic mass is 35.5. The number of nitrogens with two attached hydrogens (primary N) is 1. The highest BCUT2D eigenvalue weighted by molar-refractivity contribution is 6.31. The molecule has 1 unspecified atom stereocenters. The molecule has 0 saturated carbocycles. The third kappa shape index (κ3) is 2.96. The van der Waals surface area contributed by atoms with Gasteiger partial charge in [-0.3, -0.25) is 4.90 Å². The monoisotopic (exact) mass is 258 g/mol. The lowest BCUT2D eigenvalue weighted by atomic mass is 10.1. The Bertz CT molecular complexity index is 367. The van der Waals surface area contributed by atoms with Crippen molar-refractivity contribution in [1.29, 1.82) is 0 Å². The van der Waals surface area contributed by atoms with Crippen molar-refractivity contribution in [2.75, 3.05) is 32.8 Å². The second kappa shape index (κ2) is 5.78. The maximum Gasteiger partial charge on any atom is 0.130 e. The molecule has 1 aliphatic rings. The smallest absolute Gasteiger partial charge is 0.130 e. The lowest BCUT2D eigenvalue weighted by Crippen LogP contribution is -2.41. The Kier molecular flexibility index (Phi) is 4.34. The summed E-state index contributed by atoms with van der Waals surface area (Å²) in [6.45, 7) is 3.44. The SMILES string of the molecule is NCCN1CCOC(c2c(F)cccc2Cl)C1. The fourth-order valence-electron chi connectivity index (χ4n) is 2.08. The summed E-state index contributed by atoms with van der Waals surface area (Å²) >= 11 is 6.02. The molecule has 0 bridgehead atoms. The van der Waals surface area contributed by atoms with Crippen molar-refractivity contribution >= 4 is 11.6 Å². The van der Waals surface area contributed by atoms with Crippen molar-refractivity contribution in [3.8, 4) is 0 Å². The number of halogens is 2. The van der Waals surface area contributed by atoms with E-state index < -0.39 is 0 Å². The lowest BCUT2D eigenvalue weighted by Gasteiger charge is -2.33. The van der Waals surface area contributed by atoms with E-state index in [0.717, 1.165) is 13.1 Å². The normalized spacial score (nSPS) is 21.7. The molecule has 1 heterocycles. The minimum absolute atomic E-state index is 0.302. The summed E-state index contributed by atoms with van der Waals surface area (Å²) in [6, 6.07) is 4.69. The van der Waals surface area contributed by atoms with Gasteiger partial charge < -0.3 is 10.5 Å². The van der Waals surface area contributed by atoms with Crippen LogP contribution in [0.3, 0.4) is 0 Å². The first kappa shape index (κ1) is 12.8. The number of nitrogens with zero attached hydrogens (tertiary/aromatic N) is 1. The Hall–Kier alpha value is -0.680. The van der Waals surface area contributed by atoms with Gasteiger partial charge in [0.1, 0.15) is 5.82 Å².